The lowest BCUT2D eigenvalue weighted by Gasteiger charge is -2.21. The van der Waals surface area contributed by atoms with Gasteiger partial charge in [-0.1, -0.05) is 319 Å². The number of carbonyl (C=O) groups excluding carboxylic acids is 4. The second kappa shape index (κ2) is 63.5. The first-order valence-electron chi connectivity index (χ1n) is 38.2. The number of unbranched alkanes of at least 4 members (excludes halogenated alkanes) is 36. The van der Waals surface area contributed by atoms with Gasteiger partial charge in [0.25, 0.3) is 0 Å². The number of phosphoric ester groups is 2. The Labute approximate surface area is 568 Å². The van der Waals surface area contributed by atoms with Crippen LogP contribution in [0.3, 0.4) is 0 Å². The quantitative estimate of drug-likeness (QED) is 0.0222. The van der Waals surface area contributed by atoms with Crippen LogP contribution in [0.15, 0.2) is 0 Å². The van der Waals surface area contributed by atoms with Crippen molar-refractivity contribution in [3.8, 4) is 0 Å². The molecule has 0 spiro atoms. The first-order chi connectivity index (χ1) is 44.6. The normalized spacial score (nSPS) is 14.5. The number of hydrogen-bond acceptors (Lipinski definition) is 15. The smallest absolute Gasteiger partial charge is 0.462 e. The number of aliphatic hydroxyl groups excluding tert-OH is 1. The highest BCUT2D eigenvalue weighted by Crippen LogP contribution is 2.45. The molecule has 3 N–H and O–H groups in total. The van der Waals surface area contributed by atoms with Crippen LogP contribution < -0.4 is 0 Å². The van der Waals surface area contributed by atoms with Gasteiger partial charge in [0.05, 0.1) is 26.4 Å². The van der Waals surface area contributed by atoms with Crippen LogP contribution in [-0.2, 0) is 65.4 Å². The van der Waals surface area contributed by atoms with Crippen molar-refractivity contribution in [2.45, 2.75) is 388 Å². The van der Waals surface area contributed by atoms with E-state index in [0.717, 1.165) is 114 Å². The third kappa shape index (κ3) is 67.0. The van der Waals surface area contributed by atoms with Gasteiger partial charge in [-0.25, -0.2) is 9.13 Å². The molecule has 0 aromatic carbocycles. The lowest BCUT2D eigenvalue weighted by Crippen LogP contribution is -2.30. The zero-order chi connectivity index (χ0) is 68.9. The molecular weight excluding hydrogens is 1220 g/mol. The molecule has 0 aliphatic heterocycles. The highest BCUT2D eigenvalue weighted by molar-refractivity contribution is 7.47. The van der Waals surface area contributed by atoms with Crippen molar-refractivity contribution < 1.29 is 80.2 Å². The number of rotatable bonds is 71. The fraction of sp³-hybridized carbons (Fsp3) is 0.946. The fourth-order valence-corrected chi connectivity index (χ4v) is 12.7. The van der Waals surface area contributed by atoms with Crippen LogP contribution in [0.4, 0.5) is 0 Å². The molecule has 0 fully saturated rings. The van der Waals surface area contributed by atoms with Crippen LogP contribution in [0.25, 0.3) is 0 Å². The molecule has 0 saturated heterocycles. The van der Waals surface area contributed by atoms with Crippen LogP contribution in [0.1, 0.15) is 370 Å². The van der Waals surface area contributed by atoms with E-state index in [1.807, 2.05) is 0 Å². The molecule has 0 rings (SSSR count). The van der Waals surface area contributed by atoms with Crippen LogP contribution >= 0.6 is 15.6 Å². The molecule has 0 bridgehead atoms. The van der Waals surface area contributed by atoms with Gasteiger partial charge in [0, 0.05) is 25.7 Å². The average molecular weight is 1370 g/mol. The van der Waals surface area contributed by atoms with E-state index in [4.69, 9.17) is 37.0 Å². The second-order valence-corrected chi connectivity index (χ2v) is 31.3. The lowest BCUT2D eigenvalue weighted by molar-refractivity contribution is -0.161. The van der Waals surface area contributed by atoms with E-state index < -0.39 is 97.5 Å². The molecular formula is C74H144O17P2. The summed E-state index contributed by atoms with van der Waals surface area (Å²) in [5.74, 6) is 0.919. The predicted octanol–water partition coefficient (Wildman–Crippen LogP) is 21.3. The lowest BCUT2D eigenvalue weighted by atomic mass is 9.99. The molecule has 0 saturated carbocycles. The Kier molecular flexibility index (Phi) is 62.2. The van der Waals surface area contributed by atoms with Crippen molar-refractivity contribution in [1.29, 1.82) is 0 Å². The van der Waals surface area contributed by atoms with Crippen molar-refractivity contribution >= 4 is 39.5 Å². The highest BCUT2D eigenvalue weighted by atomic mass is 31.2. The van der Waals surface area contributed by atoms with Crippen LogP contribution in [-0.4, -0.2) is 96.7 Å². The SMILES string of the molecule is CCC(C)CCCCCCCCCCCCC(=O)O[C@H](COC(=O)CCCCCCCCCCCCCCCCC(C)C)COP(=O)(O)OCC(O)COP(=O)(O)OC[C@@H](COC(=O)CCCCCCCCCC(C)C)OC(=O)CCCCCCCCCCCC(C)C. The summed E-state index contributed by atoms with van der Waals surface area (Å²) >= 11 is 0. The van der Waals surface area contributed by atoms with E-state index in [2.05, 4.69) is 55.4 Å². The third-order valence-corrected chi connectivity index (χ3v) is 19.3. The fourth-order valence-electron chi connectivity index (χ4n) is 11.2. The zero-order valence-corrected chi connectivity index (χ0v) is 62.7. The average Bonchev–Trinajstić information content (AvgIpc) is 1.36. The van der Waals surface area contributed by atoms with Gasteiger partial charge >= 0.3 is 39.5 Å². The van der Waals surface area contributed by atoms with Crippen molar-refractivity contribution in [1.82, 2.24) is 0 Å². The molecule has 17 nitrogen and oxygen atoms in total. The van der Waals surface area contributed by atoms with E-state index in [1.54, 1.807) is 0 Å². The number of carbonyl (C=O) groups is 4. The van der Waals surface area contributed by atoms with Crippen molar-refractivity contribution in [3.63, 3.8) is 0 Å². The summed E-state index contributed by atoms with van der Waals surface area (Å²) in [6.45, 7) is 14.2. The van der Waals surface area contributed by atoms with Crippen molar-refractivity contribution in [2.24, 2.45) is 23.7 Å². The Balaban J connectivity index is 5.25. The predicted molar refractivity (Wildman–Crippen MR) is 377 cm³/mol. The van der Waals surface area contributed by atoms with E-state index >= 15 is 0 Å². The van der Waals surface area contributed by atoms with Gasteiger partial charge in [0.2, 0.25) is 0 Å². The van der Waals surface area contributed by atoms with Crippen molar-refractivity contribution in [2.75, 3.05) is 39.6 Å². The maximum Gasteiger partial charge on any atom is 0.472 e. The third-order valence-electron chi connectivity index (χ3n) is 17.4. The molecule has 0 aromatic heterocycles. The Bertz CT molecular complexity index is 1840. The summed E-state index contributed by atoms with van der Waals surface area (Å²) < 4.78 is 68.4. The van der Waals surface area contributed by atoms with E-state index in [-0.39, 0.29) is 25.7 Å². The maximum atomic E-state index is 13.1. The molecule has 93 heavy (non-hydrogen) atoms. The summed E-state index contributed by atoms with van der Waals surface area (Å²) in [5, 5.41) is 10.6. The number of aliphatic hydroxyl groups is 1. The molecule has 0 amide bonds. The molecule has 6 atom stereocenters. The highest BCUT2D eigenvalue weighted by Gasteiger charge is 2.30. The van der Waals surface area contributed by atoms with Crippen molar-refractivity contribution in [3.05, 3.63) is 0 Å². The molecule has 0 heterocycles. The summed E-state index contributed by atoms with van der Waals surface area (Å²) in [6.07, 6.45) is 47.2. The summed E-state index contributed by atoms with van der Waals surface area (Å²) in [5.41, 5.74) is 0. The molecule has 0 aromatic rings. The Hall–Kier alpha value is -1.94. The van der Waals surface area contributed by atoms with Crippen LogP contribution in [0.2, 0.25) is 0 Å². The molecule has 0 aliphatic rings. The minimum Gasteiger partial charge on any atom is -0.462 e. The van der Waals surface area contributed by atoms with Gasteiger partial charge in [0.1, 0.15) is 19.3 Å². The minimum absolute atomic E-state index is 0.104. The molecule has 0 radical (unpaired) electrons. The first-order valence-corrected chi connectivity index (χ1v) is 41.2. The van der Waals surface area contributed by atoms with E-state index in [0.29, 0.717) is 31.6 Å². The minimum atomic E-state index is -4.96. The Morgan fingerprint density at radius 2 is 0.516 bits per heavy atom. The Morgan fingerprint density at radius 1 is 0.301 bits per heavy atom. The van der Waals surface area contributed by atoms with E-state index in [9.17, 15) is 43.2 Å². The van der Waals surface area contributed by atoms with Gasteiger partial charge < -0.3 is 33.8 Å². The largest absolute Gasteiger partial charge is 0.472 e. The molecule has 19 heteroatoms. The van der Waals surface area contributed by atoms with E-state index in [1.165, 1.54) is 167 Å². The second-order valence-electron chi connectivity index (χ2n) is 28.4. The standard InChI is InChI=1S/C74H144O17P2/c1-9-67(8)53-45-37-29-21-16-17-23-31-40-48-56-73(78)90-69(60-84-71(76)54-46-38-30-22-15-13-11-10-12-14-19-26-34-42-50-64(2)3)62-88-92(80,81)86-58-68(75)59-87-93(82,83)89-63-70(61-85-72(77)55-47-39-33-25-28-36-44-52-66(6)7)91-74(79)57-49-41-32-24-18-20-27-35-43-51-65(4)5/h64-70,75H,9-63H2,1-8H3,(H,80,81)(H,82,83)/t67?,68?,69-,70-/m1/s1. The number of ether oxygens (including phenoxy) is 4. The summed E-state index contributed by atoms with van der Waals surface area (Å²) in [4.78, 5) is 72.7. The van der Waals surface area contributed by atoms with Gasteiger partial charge in [0.15, 0.2) is 12.2 Å². The monoisotopic (exact) mass is 1370 g/mol. The van der Waals surface area contributed by atoms with Gasteiger partial charge in [-0.05, 0) is 49.4 Å². The number of esters is 4. The first kappa shape index (κ1) is 91.1. The van der Waals surface area contributed by atoms with Gasteiger partial charge in [-0.2, -0.15) is 0 Å². The van der Waals surface area contributed by atoms with Crippen LogP contribution in [0, 0.1) is 23.7 Å². The molecule has 552 valence electrons. The molecule has 0 aliphatic carbocycles. The summed E-state index contributed by atoms with van der Waals surface area (Å²) in [7, 11) is -9.91. The number of phosphoric acid groups is 2. The van der Waals surface area contributed by atoms with Gasteiger partial charge in [-0.3, -0.25) is 37.3 Å². The summed E-state index contributed by atoms with van der Waals surface area (Å²) in [6, 6.07) is 0. The number of hydrogen-bond donors (Lipinski definition) is 3. The molecule has 4 unspecified atom stereocenters. The topological polar surface area (TPSA) is 237 Å². The maximum absolute atomic E-state index is 13.1. The Morgan fingerprint density at radius 3 is 0.763 bits per heavy atom. The van der Waals surface area contributed by atoms with Crippen LogP contribution in [0.5, 0.6) is 0 Å². The van der Waals surface area contributed by atoms with Gasteiger partial charge in [-0.15, -0.1) is 0 Å². The zero-order valence-electron chi connectivity index (χ0n) is 60.9.